The van der Waals surface area contributed by atoms with Crippen molar-refractivity contribution in [3.8, 4) is 0 Å². The molecule has 1 fully saturated rings. The second kappa shape index (κ2) is 5.79. The van der Waals surface area contributed by atoms with Crippen LogP contribution >= 0.6 is 0 Å². The number of aromatic nitrogens is 2. The fourth-order valence-electron chi connectivity index (χ4n) is 1.89. The van der Waals surface area contributed by atoms with Crippen molar-refractivity contribution in [2.45, 2.75) is 18.9 Å². The van der Waals surface area contributed by atoms with Gasteiger partial charge in [0.1, 0.15) is 5.82 Å². The van der Waals surface area contributed by atoms with Crippen LogP contribution in [0.25, 0.3) is 0 Å². The van der Waals surface area contributed by atoms with Gasteiger partial charge in [-0.1, -0.05) is 0 Å². The van der Waals surface area contributed by atoms with Crippen LogP contribution in [0.4, 0.5) is 11.8 Å². The zero-order valence-corrected chi connectivity index (χ0v) is 9.84. The zero-order chi connectivity index (χ0) is 12.1. The fraction of sp³-hybridized carbons (Fsp3) is 0.636. The van der Waals surface area contributed by atoms with Gasteiger partial charge in [-0.3, -0.25) is 0 Å². The van der Waals surface area contributed by atoms with Crippen molar-refractivity contribution in [1.82, 2.24) is 9.97 Å². The summed E-state index contributed by atoms with van der Waals surface area (Å²) in [6.45, 7) is 2.66. The van der Waals surface area contributed by atoms with Crippen LogP contribution in [0.3, 0.4) is 0 Å². The lowest BCUT2D eigenvalue weighted by molar-refractivity contribution is 0.292. The summed E-state index contributed by atoms with van der Waals surface area (Å²) in [5.74, 6) is 1.52. The summed E-state index contributed by atoms with van der Waals surface area (Å²) in [4.78, 5) is 10.7. The minimum absolute atomic E-state index is 0.174. The quantitative estimate of drug-likeness (QED) is 0.615. The number of nitrogens with zero attached hydrogens (tertiary/aromatic N) is 3. The molecule has 6 heteroatoms. The predicted molar refractivity (Wildman–Crippen MR) is 67.0 cm³/mol. The van der Waals surface area contributed by atoms with Crippen LogP contribution in [0.2, 0.25) is 0 Å². The third-order valence-electron chi connectivity index (χ3n) is 2.81. The van der Waals surface area contributed by atoms with Crippen molar-refractivity contribution in [3.63, 3.8) is 0 Å². The van der Waals surface area contributed by atoms with Gasteiger partial charge in [-0.2, -0.15) is 4.98 Å². The maximum absolute atomic E-state index is 8.70. The molecule has 6 nitrogen and oxygen atoms in total. The van der Waals surface area contributed by atoms with E-state index in [4.69, 9.17) is 10.8 Å². The Balaban J connectivity index is 1.96. The Bertz CT molecular complexity index is 359. The van der Waals surface area contributed by atoms with Crippen molar-refractivity contribution in [3.05, 3.63) is 12.3 Å². The van der Waals surface area contributed by atoms with Crippen LogP contribution in [-0.2, 0) is 0 Å². The number of hydrogen-bond donors (Lipinski definition) is 3. The van der Waals surface area contributed by atoms with E-state index in [0.717, 1.165) is 25.3 Å². The molecule has 1 aliphatic heterocycles. The average molecular weight is 237 g/mol. The highest BCUT2D eigenvalue weighted by Gasteiger charge is 2.20. The third kappa shape index (κ3) is 3.28. The molecule has 0 saturated carbocycles. The van der Waals surface area contributed by atoms with Crippen LogP contribution in [0.15, 0.2) is 12.3 Å². The van der Waals surface area contributed by atoms with Gasteiger partial charge in [-0.15, -0.1) is 0 Å². The molecule has 2 heterocycles. The second-order valence-corrected chi connectivity index (χ2v) is 4.24. The molecule has 17 heavy (non-hydrogen) atoms. The molecule has 0 spiro atoms. The summed E-state index contributed by atoms with van der Waals surface area (Å²) in [6.07, 6.45) is 3.45. The minimum atomic E-state index is 0.174. The van der Waals surface area contributed by atoms with Crippen LogP contribution in [0.5, 0.6) is 0 Å². The van der Waals surface area contributed by atoms with E-state index in [1.54, 1.807) is 6.20 Å². The molecule has 2 rings (SSSR count). The van der Waals surface area contributed by atoms with E-state index in [1.807, 2.05) is 6.07 Å². The standard InChI is InChI=1S/C11H19N5O/c12-9-3-6-16(8-9)10-2-5-14-11(15-10)13-4-1-7-17/h2,5,9,17H,1,3-4,6-8,12H2,(H,13,14,15)/t9-/m1/s1. The number of anilines is 2. The molecule has 0 amide bonds. The Kier molecular flexibility index (Phi) is 4.11. The van der Waals surface area contributed by atoms with Crippen molar-refractivity contribution < 1.29 is 5.11 Å². The fourth-order valence-corrected chi connectivity index (χ4v) is 1.89. The molecule has 0 bridgehead atoms. The highest BCUT2D eigenvalue weighted by molar-refractivity contribution is 5.43. The summed E-state index contributed by atoms with van der Waals surface area (Å²) in [5.41, 5.74) is 5.87. The number of nitrogens with two attached hydrogens (primary N) is 1. The highest BCUT2D eigenvalue weighted by atomic mass is 16.3. The van der Waals surface area contributed by atoms with Gasteiger partial charge in [-0.05, 0) is 18.9 Å². The van der Waals surface area contributed by atoms with Crippen molar-refractivity contribution in [1.29, 1.82) is 0 Å². The molecule has 0 aromatic carbocycles. The third-order valence-corrected chi connectivity index (χ3v) is 2.81. The predicted octanol–water partition coefficient (Wildman–Crippen LogP) is -0.192. The normalized spacial score (nSPS) is 19.6. The van der Waals surface area contributed by atoms with Gasteiger partial charge in [0.15, 0.2) is 0 Å². The maximum atomic E-state index is 8.70. The monoisotopic (exact) mass is 237 g/mol. The molecular weight excluding hydrogens is 218 g/mol. The first kappa shape index (κ1) is 12.1. The van der Waals surface area contributed by atoms with Crippen molar-refractivity contribution >= 4 is 11.8 Å². The highest BCUT2D eigenvalue weighted by Crippen LogP contribution is 2.17. The zero-order valence-electron chi connectivity index (χ0n) is 9.84. The van der Waals surface area contributed by atoms with Gasteiger partial charge >= 0.3 is 0 Å². The number of hydrogen-bond acceptors (Lipinski definition) is 6. The molecule has 94 valence electrons. The van der Waals surface area contributed by atoms with Crippen molar-refractivity contribution in [2.24, 2.45) is 5.73 Å². The Morgan fingerprint density at radius 3 is 3.18 bits per heavy atom. The van der Waals surface area contributed by atoms with Crippen LogP contribution in [0, 0.1) is 0 Å². The molecule has 1 aliphatic rings. The van der Waals surface area contributed by atoms with E-state index in [0.29, 0.717) is 18.9 Å². The summed E-state index contributed by atoms with van der Waals surface area (Å²) in [7, 11) is 0. The molecule has 1 aromatic rings. The number of rotatable bonds is 5. The SMILES string of the molecule is N[C@@H]1CCN(c2ccnc(NCCCO)n2)C1. The second-order valence-electron chi connectivity index (χ2n) is 4.24. The molecule has 4 N–H and O–H groups in total. The first-order chi connectivity index (χ1) is 8.29. The van der Waals surface area contributed by atoms with E-state index in [9.17, 15) is 0 Å². The molecular formula is C11H19N5O. The van der Waals surface area contributed by atoms with Crippen molar-refractivity contribution in [2.75, 3.05) is 36.5 Å². The number of nitrogens with one attached hydrogen (secondary N) is 1. The summed E-state index contributed by atoms with van der Waals surface area (Å²) >= 11 is 0. The number of aliphatic hydroxyl groups is 1. The number of aliphatic hydroxyl groups excluding tert-OH is 1. The van der Waals surface area contributed by atoms with Gasteiger partial charge in [0.2, 0.25) is 5.95 Å². The van der Waals surface area contributed by atoms with E-state index >= 15 is 0 Å². The van der Waals surface area contributed by atoms with Gasteiger partial charge < -0.3 is 21.1 Å². The largest absolute Gasteiger partial charge is 0.396 e. The van der Waals surface area contributed by atoms with Crippen LogP contribution in [0.1, 0.15) is 12.8 Å². The van der Waals surface area contributed by atoms with E-state index < -0.39 is 0 Å². The van der Waals surface area contributed by atoms with E-state index in [-0.39, 0.29) is 12.6 Å². The van der Waals surface area contributed by atoms with Gasteiger partial charge in [0, 0.05) is 38.5 Å². The first-order valence-corrected chi connectivity index (χ1v) is 5.98. The first-order valence-electron chi connectivity index (χ1n) is 5.98. The summed E-state index contributed by atoms with van der Waals surface area (Å²) < 4.78 is 0. The Morgan fingerprint density at radius 1 is 1.59 bits per heavy atom. The molecule has 0 aliphatic carbocycles. The lowest BCUT2D eigenvalue weighted by Gasteiger charge is -2.17. The smallest absolute Gasteiger partial charge is 0.224 e. The summed E-state index contributed by atoms with van der Waals surface area (Å²) in [5, 5.41) is 11.8. The molecule has 1 saturated heterocycles. The van der Waals surface area contributed by atoms with E-state index in [1.165, 1.54) is 0 Å². The van der Waals surface area contributed by atoms with Gasteiger partial charge in [0.25, 0.3) is 0 Å². The Morgan fingerprint density at radius 2 is 2.47 bits per heavy atom. The lowest BCUT2D eigenvalue weighted by Crippen LogP contribution is -2.27. The van der Waals surface area contributed by atoms with Crippen LogP contribution < -0.4 is 16.0 Å². The molecule has 1 atom stereocenters. The minimum Gasteiger partial charge on any atom is -0.396 e. The topological polar surface area (TPSA) is 87.3 Å². The lowest BCUT2D eigenvalue weighted by atomic mass is 10.3. The average Bonchev–Trinajstić information content (AvgIpc) is 2.77. The Labute approximate surface area is 101 Å². The van der Waals surface area contributed by atoms with Crippen LogP contribution in [-0.4, -0.2) is 47.4 Å². The molecule has 1 aromatic heterocycles. The van der Waals surface area contributed by atoms with Gasteiger partial charge in [0.05, 0.1) is 0 Å². The maximum Gasteiger partial charge on any atom is 0.224 e. The molecule has 0 unspecified atom stereocenters. The summed E-state index contributed by atoms with van der Waals surface area (Å²) in [6, 6.07) is 2.14. The molecule has 0 radical (unpaired) electrons. The van der Waals surface area contributed by atoms with Gasteiger partial charge in [-0.25, -0.2) is 4.98 Å². The Hall–Kier alpha value is -1.40. The van der Waals surface area contributed by atoms with E-state index in [2.05, 4.69) is 20.2 Å².